The fourth-order valence-corrected chi connectivity index (χ4v) is 5.07. The van der Waals surface area contributed by atoms with E-state index in [1.807, 2.05) is 24.5 Å². The van der Waals surface area contributed by atoms with Crippen LogP contribution in [0.3, 0.4) is 0 Å². The summed E-state index contributed by atoms with van der Waals surface area (Å²) in [7, 11) is 3.91. The quantitative estimate of drug-likeness (QED) is 0.106. The molecule has 1 unspecified atom stereocenters. The minimum atomic E-state index is 0.0297. The Hall–Kier alpha value is -4.60. The molecule has 12 heteroatoms. The largest absolute Gasteiger partial charge is 0.355 e. The summed E-state index contributed by atoms with van der Waals surface area (Å²) in [5.41, 5.74) is 3.88. The van der Waals surface area contributed by atoms with E-state index >= 15 is 0 Å². The van der Waals surface area contributed by atoms with E-state index in [1.165, 1.54) is 6.42 Å². The van der Waals surface area contributed by atoms with Gasteiger partial charge in [-0.25, -0.2) is 9.97 Å². The van der Waals surface area contributed by atoms with Gasteiger partial charge in [0.15, 0.2) is 0 Å². The number of likely N-dealkylation sites (N-methyl/N-ethyl adjacent to an activating group) is 1. The van der Waals surface area contributed by atoms with Crippen molar-refractivity contribution in [2.45, 2.75) is 63.8 Å². The molecule has 2 saturated carbocycles. The summed E-state index contributed by atoms with van der Waals surface area (Å²) in [6.45, 7) is 2.32. The summed E-state index contributed by atoms with van der Waals surface area (Å²) >= 11 is 0. The van der Waals surface area contributed by atoms with E-state index in [4.69, 9.17) is 0 Å². The molecule has 1 aliphatic heterocycles. The fourth-order valence-electron chi connectivity index (χ4n) is 5.07. The van der Waals surface area contributed by atoms with Crippen LogP contribution in [0.2, 0.25) is 0 Å². The average Bonchev–Trinajstić information content (AvgIpc) is 3.99. The Kier molecular flexibility index (Phi) is 14.6. The number of nitrogens with zero attached hydrogens (tertiary/aromatic N) is 3. The SMILES string of the molecule is CNCC(=O)NCCCCc1ncc(-c2ccc(C#Cc3cnc(C4CCCN4C)[nH]3)cc2)[nH]1.O=CC1CC1.O=CCNC(=O)C1CC1. The Morgan fingerprint density at radius 1 is 0.979 bits per heavy atom. The second kappa shape index (κ2) is 19.3. The standard InChI is InChI=1S/C26H33N7O.C6H9NO2.C4H6O/c1-27-18-25(34)28-14-4-3-7-24-29-17-22(32-24)20-11-8-19(9-12-20)10-13-21-16-30-26(31-21)23-6-5-15-33(23)2;8-4-3-7-6(9)5-1-2-5;5-3-4-1-2-4/h8-9,11-12,16-17,23,27H,3-7,14-15,18H2,1-2H3,(H,28,34)(H,29,32)(H,30,31);4-5H,1-3H2,(H,7,9);3-4H,1-2H2. The lowest BCUT2D eigenvalue weighted by Gasteiger charge is -2.16. The molecule has 1 atom stereocenters. The number of aromatic amines is 2. The van der Waals surface area contributed by atoms with Crippen LogP contribution in [0, 0.1) is 23.7 Å². The fraction of sp³-hybridized carbons (Fsp3) is 0.500. The number of rotatable bonds is 13. The monoisotopic (exact) mass is 656 g/mol. The second-order valence-electron chi connectivity index (χ2n) is 12.4. The van der Waals surface area contributed by atoms with Crippen LogP contribution in [0.5, 0.6) is 0 Å². The zero-order valence-corrected chi connectivity index (χ0v) is 28.0. The van der Waals surface area contributed by atoms with E-state index in [0.717, 1.165) is 98.4 Å². The third kappa shape index (κ3) is 12.5. The maximum absolute atomic E-state index is 11.4. The van der Waals surface area contributed by atoms with Crippen LogP contribution < -0.4 is 16.0 Å². The average molecular weight is 657 g/mol. The van der Waals surface area contributed by atoms with Crippen molar-refractivity contribution in [3.63, 3.8) is 0 Å². The van der Waals surface area contributed by atoms with Gasteiger partial charge in [0.05, 0.1) is 37.2 Å². The van der Waals surface area contributed by atoms with Crippen molar-refractivity contribution in [1.29, 1.82) is 0 Å². The summed E-state index contributed by atoms with van der Waals surface area (Å²) in [4.78, 5) is 59.6. The number of unbranched alkanes of at least 4 members (excludes halogenated alkanes) is 1. The molecule has 48 heavy (non-hydrogen) atoms. The van der Waals surface area contributed by atoms with Crippen LogP contribution in [0.4, 0.5) is 0 Å². The molecule has 3 aromatic rings. The molecule has 12 nitrogen and oxygen atoms in total. The van der Waals surface area contributed by atoms with Gasteiger partial charge in [-0.3, -0.25) is 14.5 Å². The van der Waals surface area contributed by atoms with Crippen molar-refractivity contribution < 1.29 is 19.2 Å². The molecule has 3 aliphatic rings. The number of benzene rings is 1. The molecule has 2 aliphatic carbocycles. The highest BCUT2D eigenvalue weighted by molar-refractivity contribution is 5.82. The number of hydrogen-bond donors (Lipinski definition) is 5. The molecule has 1 aromatic carbocycles. The van der Waals surface area contributed by atoms with Crippen molar-refractivity contribution in [3.05, 3.63) is 59.6 Å². The van der Waals surface area contributed by atoms with Crippen LogP contribution >= 0.6 is 0 Å². The minimum Gasteiger partial charge on any atom is -0.355 e. The normalized spacial score (nSPS) is 16.7. The van der Waals surface area contributed by atoms with Gasteiger partial charge in [-0.2, -0.15) is 0 Å². The van der Waals surface area contributed by atoms with Gasteiger partial charge in [-0.05, 0) is 95.6 Å². The predicted octanol–water partition coefficient (Wildman–Crippen LogP) is 2.93. The lowest BCUT2D eigenvalue weighted by molar-refractivity contribution is -0.123. The summed E-state index contributed by atoms with van der Waals surface area (Å²) in [6.07, 6.45) is 14.8. The van der Waals surface area contributed by atoms with E-state index < -0.39 is 0 Å². The number of likely N-dealkylation sites (tertiary alicyclic amines) is 1. The Balaban J connectivity index is 0.000000305. The lowest BCUT2D eigenvalue weighted by atomic mass is 10.1. The molecular weight excluding hydrogens is 608 g/mol. The Labute approximate surface area is 282 Å². The second-order valence-corrected chi connectivity index (χ2v) is 12.4. The number of nitrogens with one attached hydrogen (secondary N) is 5. The predicted molar refractivity (Wildman–Crippen MR) is 184 cm³/mol. The van der Waals surface area contributed by atoms with Crippen molar-refractivity contribution >= 4 is 24.4 Å². The number of aryl methyl sites for hydroxylation is 1. The summed E-state index contributed by atoms with van der Waals surface area (Å²) in [5, 5.41) is 8.22. The highest BCUT2D eigenvalue weighted by Gasteiger charge is 2.29. The highest BCUT2D eigenvalue weighted by Crippen LogP contribution is 2.29. The third-order valence-electron chi connectivity index (χ3n) is 8.22. The van der Waals surface area contributed by atoms with Gasteiger partial charge >= 0.3 is 0 Å². The minimum absolute atomic E-state index is 0.0297. The number of carbonyl (C=O) groups excluding carboxylic acids is 4. The third-order valence-corrected chi connectivity index (χ3v) is 8.22. The van der Waals surface area contributed by atoms with Gasteiger partial charge in [-0.15, -0.1) is 0 Å². The number of carbonyl (C=O) groups is 4. The first-order valence-corrected chi connectivity index (χ1v) is 16.9. The molecule has 2 amide bonds. The van der Waals surface area contributed by atoms with E-state index in [2.05, 4.69) is 71.8 Å². The smallest absolute Gasteiger partial charge is 0.233 e. The van der Waals surface area contributed by atoms with Gasteiger partial charge in [0.25, 0.3) is 0 Å². The Morgan fingerprint density at radius 2 is 1.77 bits per heavy atom. The molecule has 2 aromatic heterocycles. The number of aldehydes is 2. The number of imidazole rings is 2. The highest BCUT2D eigenvalue weighted by atomic mass is 16.2. The summed E-state index contributed by atoms with van der Waals surface area (Å²) < 4.78 is 0. The van der Waals surface area contributed by atoms with Crippen LogP contribution in [0.25, 0.3) is 11.3 Å². The first-order valence-electron chi connectivity index (χ1n) is 16.9. The number of H-pyrrole nitrogens is 2. The molecule has 5 N–H and O–H groups in total. The van der Waals surface area contributed by atoms with Crippen molar-refractivity contribution in [3.8, 4) is 23.1 Å². The molecular formula is C36H48N8O4. The van der Waals surface area contributed by atoms with Crippen molar-refractivity contribution in [2.75, 3.05) is 40.3 Å². The lowest BCUT2D eigenvalue weighted by Crippen LogP contribution is -2.32. The van der Waals surface area contributed by atoms with E-state index in [0.29, 0.717) is 31.3 Å². The maximum Gasteiger partial charge on any atom is 0.233 e. The molecule has 6 rings (SSSR count). The molecule has 1 saturated heterocycles. The molecule has 0 bridgehead atoms. The number of hydrogen-bond acceptors (Lipinski definition) is 8. The van der Waals surface area contributed by atoms with Crippen LogP contribution in [0.15, 0.2) is 36.7 Å². The van der Waals surface area contributed by atoms with Gasteiger partial charge < -0.3 is 35.5 Å². The maximum atomic E-state index is 11.4. The van der Waals surface area contributed by atoms with Crippen molar-refractivity contribution in [2.24, 2.45) is 11.8 Å². The van der Waals surface area contributed by atoms with Gasteiger partial charge in [0, 0.05) is 30.4 Å². The van der Waals surface area contributed by atoms with Gasteiger partial charge in [0.2, 0.25) is 11.8 Å². The van der Waals surface area contributed by atoms with Gasteiger partial charge in [0.1, 0.15) is 29.9 Å². The van der Waals surface area contributed by atoms with Gasteiger partial charge in [-0.1, -0.05) is 18.1 Å². The molecule has 3 heterocycles. The topological polar surface area (TPSA) is 165 Å². The van der Waals surface area contributed by atoms with Crippen molar-refractivity contribution in [1.82, 2.24) is 40.8 Å². The number of aromatic nitrogens is 4. The number of amides is 2. The van der Waals surface area contributed by atoms with E-state index in [1.54, 1.807) is 7.05 Å². The first kappa shape index (κ1) is 36.2. The van der Waals surface area contributed by atoms with Crippen LogP contribution in [-0.2, 0) is 25.6 Å². The molecule has 0 spiro atoms. The molecule has 256 valence electrons. The zero-order chi connectivity index (χ0) is 34.1. The summed E-state index contributed by atoms with van der Waals surface area (Å²) in [6, 6.07) is 8.55. The molecule has 3 fully saturated rings. The summed E-state index contributed by atoms with van der Waals surface area (Å²) in [5.74, 6) is 9.11. The first-order chi connectivity index (χ1) is 23.4. The van der Waals surface area contributed by atoms with E-state index in [-0.39, 0.29) is 24.3 Å². The Bertz CT molecular complexity index is 1530. The zero-order valence-electron chi connectivity index (χ0n) is 28.0. The molecule has 0 radical (unpaired) electrons. The van der Waals surface area contributed by atoms with E-state index in [9.17, 15) is 19.2 Å². The van der Waals surface area contributed by atoms with Crippen LogP contribution in [-0.4, -0.2) is 89.5 Å². The van der Waals surface area contributed by atoms with Crippen LogP contribution in [0.1, 0.15) is 80.3 Å². The Morgan fingerprint density at radius 3 is 2.40 bits per heavy atom.